The summed E-state index contributed by atoms with van der Waals surface area (Å²) in [5.41, 5.74) is -0.159. The van der Waals surface area contributed by atoms with Gasteiger partial charge in [0.2, 0.25) is 21.8 Å². The van der Waals surface area contributed by atoms with Gasteiger partial charge in [0.15, 0.2) is 0 Å². The molecule has 1 unspecified atom stereocenters. The molecule has 11 heteroatoms. The SMILES string of the molecule is CCC(C(=O)NC(C)(C)C)N(Cc1c(Cl)cccc1Cl)C(=O)CN(c1cccc(F)c1)S(C)(=O)=O. The zero-order valence-electron chi connectivity index (χ0n) is 20.3. The number of carbonyl (C=O) groups is 2. The van der Waals surface area contributed by atoms with Crippen molar-refractivity contribution in [3.8, 4) is 0 Å². The predicted octanol–water partition coefficient (Wildman–Crippen LogP) is 4.62. The molecule has 7 nitrogen and oxygen atoms in total. The van der Waals surface area contributed by atoms with Crippen LogP contribution in [0.1, 0.15) is 39.7 Å². The average Bonchev–Trinajstić information content (AvgIpc) is 2.71. The van der Waals surface area contributed by atoms with Gasteiger partial charge >= 0.3 is 0 Å². The summed E-state index contributed by atoms with van der Waals surface area (Å²) in [7, 11) is -3.97. The maximum Gasteiger partial charge on any atom is 0.244 e. The molecule has 2 aromatic carbocycles. The molecule has 2 aromatic rings. The topological polar surface area (TPSA) is 86.8 Å². The molecule has 0 aliphatic carbocycles. The lowest BCUT2D eigenvalue weighted by atomic mass is 10.1. The fourth-order valence-corrected chi connectivity index (χ4v) is 4.83. The molecule has 192 valence electrons. The van der Waals surface area contributed by atoms with Crippen LogP contribution in [0, 0.1) is 5.82 Å². The van der Waals surface area contributed by atoms with Gasteiger partial charge in [0.05, 0.1) is 11.9 Å². The van der Waals surface area contributed by atoms with Crippen molar-refractivity contribution < 1.29 is 22.4 Å². The monoisotopic (exact) mass is 545 g/mol. The van der Waals surface area contributed by atoms with Crippen LogP contribution in [0.25, 0.3) is 0 Å². The van der Waals surface area contributed by atoms with E-state index in [-0.39, 0.29) is 18.7 Å². The first kappa shape index (κ1) is 28.9. The molecule has 0 aromatic heterocycles. The van der Waals surface area contributed by atoms with E-state index in [1.54, 1.807) is 25.1 Å². The minimum atomic E-state index is -3.97. The molecule has 0 fully saturated rings. The average molecular weight is 546 g/mol. The Bertz CT molecular complexity index is 1170. The van der Waals surface area contributed by atoms with E-state index in [1.807, 2.05) is 20.8 Å². The van der Waals surface area contributed by atoms with Gasteiger partial charge in [0, 0.05) is 27.7 Å². The van der Waals surface area contributed by atoms with E-state index in [4.69, 9.17) is 23.2 Å². The first-order valence-corrected chi connectivity index (χ1v) is 13.5. The fourth-order valence-electron chi connectivity index (χ4n) is 3.47. The van der Waals surface area contributed by atoms with Crippen molar-refractivity contribution in [2.45, 2.75) is 52.2 Å². The van der Waals surface area contributed by atoms with Crippen LogP contribution < -0.4 is 9.62 Å². The van der Waals surface area contributed by atoms with Crippen molar-refractivity contribution in [1.29, 1.82) is 0 Å². The molecule has 0 bridgehead atoms. The highest BCUT2D eigenvalue weighted by Crippen LogP contribution is 2.28. The van der Waals surface area contributed by atoms with Crippen molar-refractivity contribution in [3.05, 3.63) is 63.9 Å². The lowest BCUT2D eigenvalue weighted by Gasteiger charge is -2.34. The summed E-state index contributed by atoms with van der Waals surface area (Å²) in [5, 5.41) is 3.46. The number of hydrogen-bond donors (Lipinski definition) is 1. The zero-order valence-corrected chi connectivity index (χ0v) is 22.6. The van der Waals surface area contributed by atoms with Crippen molar-refractivity contribution >= 4 is 50.7 Å². The third-order valence-electron chi connectivity index (χ3n) is 5.05. The lowest BCUT2D eigenvalue weighted by molar-refractivity contribution is -0.141. The number of rotatable bonds is 9. The number of benzene rings is 2. The molecular formula is C24H30Cl2FN3O4S. The van der Waals surface area contributed by atoms with Gasteiger partial charge in [-0.25, -0.2) is 12.8 Å². The largest absolute Gasteiger partial charge is 0.350 e. The van der Waals surface area contributed by atoms with Crippen LogP contribution >= 0.6 is 23.2 Å². The van der Waals surface area contributed by atoms with Gasteiger partial charge in [-0.15, -0.1) is 0 Å². The van der Waals surface area contributed by atoms with E-state index in [0.29, 0.717) is 15.6 Å². The number of carbonyl (C=O) groups excluding carboxylic acids is 2. The summed E-state index contributed by atoms with van der Waals surface area (Å²) < 4.78 is 39.7. The number of nitrogens with zero attached hydrogens (tertiary/aromatic N) is 2. The molecule has 1 N–H and O–H groups in total. The summed E-state index contributed by atoms with van der Waals surface area (Å²) >= 11 is 12.7. The molecule has 35 heavy (non-hydrogen) atoms. The smallest absolute Gasteiger partial charge is 0.244 e. The highest BCUT2D eigenvalue weighted by molar-refractivity contribution is 7.92. The summed E-state index contributed by atoms with van der Waals surface area (Å²) in [4.78, 5) is 28.0. The van der Waals surface area contributed by atoms with Gasteiger partial charge in [-0.05, 0) is 57.5 Å². The van der Waals surface area contributed by atoms with E-state index in [9.17, 15) is 22.4 Å². The summed E-state index contributed by atoms with van der Waals surface area (Å²) in [6.45, 7) is 6.39. The Morgan fingerprint density at radius 3 is 2.14 bits per heavy atom. The first-order valence-electron chi connectivity index (χ1n) is 10.9. The number of hydrogen-bond acceptors (Lipinski definition) is 4. The molecule has 2 amide bonds. The van der Waals surface area contributed by atoms with Gasteiger partial charge in [-0.1, -0.05) is 42.3 Å². The third kappa shape index (κ3) is 8.08. The summed E-state index contributed by atoms with van der Waals surface area (Å²) in [6, 6.07) is 8.85. The Balaban J connectivity index is 2.52. The van der Waals surface area contributed by atoms with Crippen LogP contribution in [-0.4, -0.2) is 49.5 Å². The molecule has 0 saturated carbocycles. The number of halogens is 3. The standard InChI is InChI=1S/C24H30Cl2FN3O4S/c1-6-21(23(32)28-24(2,3)4)29(14-18-19(25)11-8-12-20(18)26)22(31)15-30(35(5,33)34)17-10-7-9-16(27)13-17/h7-13,21H,6,14-15H2,1-5H3,(H,28,32). The van der Waals surface area contributed by atoms with E-state index < -0.39 is 45.8 Å². The van der Waals surface area contributed by atoms with Crippen LogP contribution in [0.3, 0.4) is 0 Å². The van der Waals surface area contributed by atoms with Crippen LogP contribution in [0.2, 0.25) is 10.0 Å². The van der Waals surface area contributed by atoms with E-state index in [0.717, 1.165) is 16.6 Å². The molecule has 0 aliphatic rings. The molecule has 0 heterocycles. The van der Waals surface area contributed by atoms with Crippen molar-refractivity contribution in [2.24, 2.45) is 0 Å². The Labute approximate surface area is 216 Å². The lowest BCUT2D eigenvalue weighted by Crippen LogP contribution is -2.55. The first-order chi connectivity index (χ1) is 16.1. The second kappa shape index (κ2) is 11.6. The van der Waals surface area contributed by atoms with E-state index in [1.165, 1.54) is 23.1 Å². The van der Waals surface area contributed by atoms with Crippen LogP contribution in [0.5, 0.6) is 0 Å². The predicted molar refractivity (Wildman–Crippen MR) is 138 cm³/mol. The maximum atomic E-state index is 13.8. The second-order valence-corrected chi connectivity index (χ2v) is 11.9. The van der Waals surface area contributed by atoms with Gasteiger partial charge in [0.25, 0.3) is 0 Å². The summed E-state index contributed by atoms with van der Waals surface area (Å²) in [6.07, 6.45) is 1.17. The Hall–Kier alpha value is -2.36. The van der Waals surface area contributed by atoms with Gasteiger partial charge in [-0.2, -0.15) is 0 Å². The third-order valence-corrected chi connectivity index (χ3v) is 6.90. The number of anilines is 1. The maximum absolute atomic E-state index is 13.8. The molecule has 0 spiro atoms. The highest BCUT2D eigenvalue weighted by Gasteiger charge is 2.33. The summed E-state index contributed by atoms with van der Waals surface area (Å²) in [5.74, 6) is -1.74. The quantitative estimate of drug-likeness (QED) is 0.498. The van der Waals surface area contributed by atoms with E-state index >= 15 is 0 Å². The minimum absolute atomic E-state index is 0.0104. The van der Waals surface area contributed by atoms with E-state index in [2.05, 4.69) is 5.32 Å². The number of sulfonamides is 1. The minimum Gasteiger partial charge on any atom is -0.350 e. The fraction of sp³-hybridized carbons (Fsp3) is 0.417. The Kier molecular flexibility index (Phi) is 9.56. The molecular weight excluding hydrogens is 516 g/mol. The Morgan fingerprint density at radius 2 is 1.66 bits per heavy atom. The van der Waals surface area contributed by atoms with Gasteiger partial charge in [0.1, 0.15) is 18.4 Å². The normalized spacial score (nSPS) is 12.7. The van der Waals surface area contributed by atoms with Gasteiger partial charge in [-0.3, -0.25) is 13.9 Å². The van der Waals surface area contributed by atoms with Crippen molar-refractivity contribution in [3.63, 3.8) is 0 Å². The second-order valence-electron chi connectivity index (χ2n) is 9.13. The van der Waals surface area contributed by atoms with Crippen molar-refractivity contribution in [2.75, 3.05) is 17.1 Å². The number of nitrogens with one attached hydrogen (secondary N) is 1. The van der Waals surface area contributed by atoms with Crippen LogP contribution in [-0.2, 0) is 26.2 Å². The van der Waals surface area contributed by atoms with Gasteiger partial charge < -0.3 is 10.2 Å². The van der Waals surface area contributed by atoms with Crippen LogP contribution in [0.15, 0.2) is 42.5 Å². The van der Waals surface area contributed by atoms with Crippen LogP contribution in [0.4, 0.5) is 10.1 Å². The molecule has 2 rings (SSSR count). The highest BCUT2D eigenvalue weighted by atomic mass is 35.5. The zero-order chi connectivity index (χ0) is 26.6. The molecule has 0 saturated heterocycles. The Morgan fingerprint density at radius 1 is 1.09 bits per heavy atom. The van der Waals surface area contributed by atoms with Crippen molar-refractivity contribution in [1.82, 2.24) is 10.2 Å². The molecule has 0 radical (unpaired) electrons. The number of amides is 2. The molecule has 0 aliphatic heterocycles. The molecule has 1 atom stereocenters.